The van der Waals surface area contributed by atoms with Crippen LogP contribution in [0.5, 0.6) is 0 Å². The Morgan fingerprint density at radius 2 is 1.36 bits per heavy atom. The molecule has 4 unspecified atom stereocenters. The van der Waals surface area contributed by atoms with E-state index in [-0.39, 0.29) is 55.3 Å². The van der Waals surface area contributed by atoms with Gasteiger partial charge in [-0.2, -0.15) is 16.8 Å². The first-order chi connectivity index (χ1) is 25.9. The zero-order chi connectivity index (χ0) is 42.1. The molecule has 0 aromatic carbocycles. The minimum atomic E-state index is -5.04. The van der Waals surface area contributed by atoms with Crippen molar-refractivity contribution in [1.82, 2.24) is 0 Å². The topological polar surface area (TPSA) is 226 Å². The minimum Gasteiger partial charge on any atom is -0.459 e. The number of esters is 3. The summed E-state index contributed by atoms with van der Waals surface area (Å²) in [6.07, 6.45) is -2.21. The average molecular weight is 839 g/mol. The molecule has 4 aliphatic rings. The molecule has 15 nitrogen and oxygen atoms in total. The summed E-state index contributed by atoms with van der Waals surface area (Å²) < 4.78 is 95.2. The normalized spacial score (nSPS) is 36.6. The average Bonchev–Trinajstić information content (AvgIpc) is 3.27. The van der Waals surface area contributed by atoms with Crippen molar-refractivity contribution in [3.8, 4) is 0 Å². The monoisotopic (exact) mass is 838 g/mol. The van der Waals surface area contributed by atoms with Gasteiger partial charge in [-0.25, -0.2) is 8.37 Å². The van der Waals surface area contributed by atoms with Crippen LogP contribution in [0.2, 0.25) is 0 Å². The van der Waals surface area contributed by atoms with E-state index >= 15 is 0 Å². The van der Waals surface area contributed by atoms with Crippen LogP contribution in [0.25, 0.3) is 0 Å². The maximum atomic E-state index is 13.4. The van der Waals surface area contributed by atoms with Gasteiger partial charge in [0.25, 0.3) is 0 Å². The van der Waals surface area contributed by atoms with Crippen molar-refractivity contribution in [2.45, 2.75) is 170 Å². The van der Waals surface area contributed by atoms with Gasteiger partial charge in [0.05, 0.1) is 6.10 Å². The summed E-state index contributed by atoms with van der Waals surface area (Å²) in [6.45, 7) is 17.1. The highest BCUT2D eigenvalue weighted by Gasteiger charge is 2.69. The lowest BCUT2D eigenvalue weighted by Gasteiger charge is -2.62. The van der Waals surface area contributed by atoms with E-state index < -0.39 is 104 Å². The number of carbonyl (C=O) groups is 3. The summed E-state index contributed by atoms with van der Waals surface area (Å²) in [5.41, 5.74) is -1.34. The molecule has 0 amide bonds. The quantitative estimate of drug-likeness (QED) is 0.0882. The second-order valence-corrected chi connectivity index (χ2v) is 20.0. The van der Waals surface area contributed by atoms with Crippen LogP contribution in [-0.2, 0) is 57.8 Å². The van der Waals surface area contributed by atoms with Gasteiger partial charge in [0.1, 0.15) is 30.5 Å². The summed E-state index contributed by atoms with van der Waals surface area (Å²) in [5.74, 6) is -3.52. The zero-order valence-corrected chi connectivity index (χ0v) is 36.1. The van der Waals surface area contributed by atoms with E-state index in [1.807, 2.05) is 48.5 Å². The SMILES string of the molecule is CCCC(=O)OC(C(CC)C(C)C)C(OC(=O)CCC)[C@@H](C)[C@H]1[C@@H](O)[C@H](OC(C)=O)[C@H]2[C@@H]3CCC4C[C@H](OS(=O)(=O)O)[C@@H](OS(=O)(=O)O)C[C@]4(C)[C@H]3CC[C@@]21C. The Hall–Kier alpha value is -1.89. The second-order valence-electron chi connectivity index (χ2n) is 17.9. The first kappa shape index (κ1) is 46.8. The van der Waals surface area contributed by atoms with Crippen LogP contribution in [0, 0.1) is 58.2 Å². The van der Waals surface area contributed by atoms with Crippen LogP contribution in [0.3, 0.4) is 0 Å². The predicted molar refractivity (Wildman–Crippen MR) is 203 cm³/mol. The van der Waals surface area contributed by atoms with Crippen molar-refractivity contribution in [3.05, 3.63) is 0 Å². The third-order valence-corrected chi connectivity index (χ3v) is 15.1. The smallest absolute Gasteiger partial charge is 0.397 e. The number of hydrogen-bond donors (Lipinski definition) is 3. The maximum Gasteiger partial charge on any atom is 0.397 e. The Morgan fingerprint density at radius 1 is 0.804 bits per heavy atom. The molecule has 0 aliphatic heterocycles. The molecule has 0 radical (unpaired) electrons. The number of aliphatic hydroxyl groups excluding tert-OH is 1. The molecule has 0 spiro atoms. The lowest BCUT2D eigenvalue weighted by Crippen LogP contribution is -2.59. The summed E-state index contributed by atoms with van der Waals surface area (Å²) >= 11 is 0. The Kier molecular flexibility index (Phi) is 15.2. The van der Waals surface area contributed by atoms with Gasteiger partial charge in [-0.3, -0.25) is 23.5 Å². The van der Waals surface area contributed by atoms with Crippen LogP contribution in [0.4, 0.5) is 0 Å². The van der Waals surface area contributed by atoms with Crippen molar-refractivity contribution in [2.75, 3.05) is 0 Å². The van der Waals surface area contributed by atoms with Crippen molar-refractivity contribution in [2.24, 2.45) is 58.2 Å². The number of aliphatic hydroxyl groups is 1. The number of fused-ring (bicyclic) bond motifs is 5. The highest BCUT2D eigenvalue weighted by atomic mass is 32.3. The molecular weight excluding hydrogens is 773 g/mol. The Morgan fingerprint density at radius 3 is 1.86 bits per heavy atom. The van der Waals surface area contributed by atoms with Crippen LogP contribution >= 0.6 is 0 Å². The number of ether oxygens (including phenoxy) is 3. The van der Waals surface area contributed by atoms with Gasteiger partial charge in [0.2, 0.25) is 0 Å². The van der Waals surface area contributed by atoms with Gasteiger partial charge in [-0.1, -0.05) is 55.4 Å². The molecule has 15 atom stereocenters. The van der Waals surface area contributed by atoms with Gasteiger partial charge >= 0.3 is 38.7 Å². The summed E-state index contributed by atoms with van der Waals surface area (Å²) in [5, 5.41) is 12.5. The van der Waals surface area contributed by atoms with Crippen LogP contribution in [0.15, 0.2) is 0 Å². The number of hydrogen-bond acceptors (Lipinski definition) is 13. The zero-order valence-electron chi connectivity index (χ0n) is 34.4. The van der Waals surface area contributed by atoms with Crippen molar-refractivity contribution < 1.29 is 68.0 Å². The van der Waals surface area contributed by atoms with E-state index in [0.717, 1.165) is 0 Å². The third kappa shape index (κ3) is 10.1. The third-order valence-electron chi connectivity index (χ3n) is 14.1. The molecule has 0 bridgehead atoms. The summed E-state index contributed by atoms with van der Waals surface area (Å²) in [4.78, 5) is 39.4. The Balaban J connectivity index is 1.80. The molecule has 3 N–H and O–H groups in total. The van der Waals surface area contributed by atoms with Crippen LogP contribution in [-0.4, -0.2) is 85.6 Å². The predicted octanol–water partition coefficient (Wildman–Crippen LogP) is 5.89. The second kappa shape index (κ2) is 18.2. The highest BCUT2D eigenvalue weighted by Crippen LogP contribution is 2.69. The van der Waals surface area contributed by atoms with Crippen molar-refractivity contribution in [1.29, 1.82) is 0 Å². The van der Waals surface area contributed by atoms with E-state index in [1.54, 1.807) is 0 Å². The van der Waals surface area contributed by atoms with Crippen molar-refractivity contribution >= 4 is 38.7 Å². The maximum absolute atomic E-state index is 13.4. The van der Waals surface area contributed by atoms with E-state index in [4.69, 9.17) is 22.6 Å². The van der Waals surface area contributed by atoms with Crippen molar-refractivity contribution in [3.63, 3.8) is 0 Å². The Labute approximate surface area is 333 Å². The first-order valence-electron chi connectivity index (χ1n) is 20.5. The molecule has 0 aromatic heterocycles. The molecular formula is C39H66O15S2. The number of rotatable bonds is 17. The molecule has 17 heteroatoms. The lowest BCUT2D eigenvalue weighted by atomic mass is 9.44. The first-order valence-corrected chi connectivity index (χ1v) is 23.2. The summed E-state index contributed by atoms with van der Waals surface area (Å²) in [7, 11) is -10.0. The molecule has 4 aliphatic carbocycles. The van der Waals surface area contributed by atoms with Gasteiger partial charge in [-0.15, -0.1) is 0 Å². The Bertz CT molecular complexity index is 1620. The molecule has 4 fully saturated rings. The van der Waals surface area contributed by atoms with Crippen LogP contribution in [0.1, 0.15) is 133 Å². The fraction of sp³-hybridized carbons (Fsp3) is 0.923. The van der Waals surface area contributed by atoms with Gasteiger partial charge < -0.3 is 19.3 Å². The molecule has 56 heavy (non-hydrogen) atoms. The van der Waals surface area contributed by atoms with Crippen LogP contribution < -0.4 is 0 Å². The van der Waals surface area contributed by atoms with Gasteiger partial charge in [0.15, 0.2) is 0 Å². The lowest BCUT2D eigenvalue weighted by molar-refractivity contribution is -0.188. The van der Waals surface area contributed by atoms with Gasteiger partial charge in [0, 0.05) is 43.4 Å². The molecule has 0 aromatic rings. The minimum absolute atomic E-state index is 0.0171. The van der Waals surface area contributed by atoms with E-state index in [1.165, 1.54) is 6.92 Å². The van der Waals surface area contributed by atoms with E-state index in [0.29, 0.717) is 44.9 Å². The fourth-order valence-corrected chi connectivity index (χ4v) is 13.1. The van der Waals surface area contributed by atoms with Gasteiger partial charge in [-0.05, 0) is 92.3 Å². The summed E-state index contributed by atoms with van der Waals surface area (Å²) in [6, 6.07) is 0. The van der Waals surface area contributed by atoms with E-state index in [2.05, 4.69) is 6.92 Å². The largest absolute Gasteiger partial charge is 0.459 e. The van der Waals surface area contributed by atoms with E-state index in [9.17, 15) is 45.4 Å². The standard InChI is InChI=1S/C39H66O15S2/c1-10-13-30(41)51-35(36(25(12-3)21(4)5)52-31(42)14-11-2)22(6)32-34(43)37(50-23(7)40)33-26-16-15-24-19-28(53-55(44,45)46)29(54-56(47,48)49)20-39(24,9)27(26)17-18-38(32,33)8/h21-22,24-29,32-37,43H,10-20H2,1-9H3,(H,44,45,46)(H,47,48,49)/t22-,24?,25?,26+,27-,28-,29-,32-,33+,34+,35?,36?,37+,38+,39-/m0/s1. The molecule has 0 heterocycles. The molecule has 4 rings (SSSR count). The fourth-order valence-electron chi connectivity index (χ4n) is 12.1. The molecule has 0 saturated heterocycles. The molecule has 4 saturated carbocycles. The number of carbonyl (C=O) groups excluding carboxylic acids is 3. The molecule has 324 valence electrons. The highest BCUT2D eigenvalue weighted by molar-refractivity contribution is 7.81.